The van der Waals surface area contributed by atoms with E-state index in [9.17, 15) is 0 Å². The van der Waals surface area contributed by atoms with Crippen molar-refractivity contribution in [1.29, 1.82) is 0 Å². The van der Waals surface area contributed by atoms with Crippen molar-refractivity contribution in [2.45, 2.75) is 38.9 Å². The van der Waals surface area contributed by atoms with E-state index in [1.165, 1.54) is 5.56 Å². The van der Waals surface area contributed by atoms with Crippen LogP contribution >= 0.6 is 11.3 Å². The van der Waals surface area contributed by atoms with Gasteiger partial charge in [-0.1, -0.05) is 12.1 Å². The van der Waals surface area contributed by atoms with Crippen LogP contribution in [0.1, 0.15) is 30.7 Å². The number of thiophene rings is 1. The number of pyridine rings is 1. The Labute approximate surface area is 194 Å². The Morgan fingerprint density at radius 1 is 1.12 bits per heavy atom. The van der Waals surface area contributed by atoms with Gasteiger partial charge in [-0.2, -0.15) is 0 Å². The van der Waals surface area contributed by atoms with E-state index in [0.717, 1.165) is 62.5 Å². The average molecular weight is 458 g/mol. The van der Waals surface area contributed by atoms with Gasteiger partial charge < -0.3 is 14.5 Å². The fraction of sp³-hybridized carbons (Fsp3) is 0.280. The molecule has 0 atom stereocenters. The van der Waals surface area contributed by atoms with E-state index < -0.39 is 0 Å². The molecule has 6 rings (SSSR count). The number of hydrogen-bond donors (Lipinski definition) is 1. The van der Waals surface area contributed by atoms with Crippen LogP contribution in [0, 0.1) is 0 Å². The zero-order chi connectivity index (χ0) is 22.4. The Morgan fingerprint density at radius 3 is 2.82 bits per heavy atom. The normalized spacial score (nSPS) is 15.1. The summed E-state index contributed by atoms with van der Waals surface area (Å²) in [6.45, 7) is 5.58. The highest BCUT2D eigenvalue weighted by atomic mass is 32.1. The molecule has 4 aromatic heterocycles. The summed E-state index contributed by atoms with van der Waals surface area (Å²) in [5.41, 5.74) is 5.26. The van der Waals surface area contributed by atoms with Crippen LogP contribution in [0.5, 0.6) is 0 Å². The number of nitrogens with one attached hydrogen (secondary N) is 1. The molecule has 1 aliphatic rings. The van der Waals surface area contributed by atoms with E-state index in [0.29, 0.717) is 12.5 Å². The smallest absolute Gasteiger partial charge is 0.225 e. The molecule has 8 heteroatoms. The molecule has 1 N–H and O–H groups in total. The van der Waals surface area contributed by atoms with Crippen molar-refractivity contribution >= 4 is 37.6 Å². The Hall–Kier alpha value is -3.36. The van der Waals surface area contributed by atoms with Crippen LogP contribution in [-0.2, 0) is 24.2 Å². The molecule has 5 heterocycles. The van der Waals surface area contributed by atoms with Gasteiger partial charge in [0.2, 0.25) is 5.89 Å². The van der Waals surface area contributed by atoms with Crippen molar-refractivity contribution in [3.63, 3.8) is 0 Å². The molecule has 0 saturated heterocycles. The van der Waals surface area contributed by atoms with Crippen LogP contribution in [0.4, 0.5) is 5.82 Å². The number of hydrogen-bond acceptors (Lipinski definition) is 8. The number of benzene rings is 1. The molecule has 166 valence electrons. The second-order valence-electron chi connectivity index (χ2n) is 8.89. The number of nitrogens with zero attached hydrogens (tertiary/aromatic N) is 4. The van der Waals surface area contributed by atoms with Crippen LogP contribution in [0.15, 0.2) is 53.5 Å². The minimum Gasteiger partial charge on any atom is -0.445 e. The SMILES string of the molecule is CC1(C)Cc2nc3sc4c(NCCc5ccc(-c6ncco6)cc5)ncnc4c3cc2CO1. The first kappa shape index (κ1) is 20.3. The van der Waals surface area contributed by atoms with Gasteiger partial charge in [0.05, 0.1) is 34.3 Å². The van der Waals surface area contributed by atoms with Gasteiger partial charge in [0.25, 0.3) is 0 Å². The number of ether oxygens (including phenoxy) is 1. The van der Waals surface area contributed by atoms with Gasteiger partial charge in [-0.05, 0) is 44.0 Å². The van der Waals surface area contributed by atoms with Gasteiger partial charge in [0.1, 0.15) is 23.2 Å². The van der Waals surface area contributed by atoms with E-state index in [-0.39, 0.29) is 5.60 Å². The predicted molar refractivity (Wildman–Crippen MR) is 129 cm³/mol. The topological polar surface area (TPSA) is 86.0 Å². The summed E-state index contributed by atoms with van der Waals surface area (Å²) < 4.78 is 12.4. The van der Waals surface area contributed by atoms with Crippen molar-refractivity contribution in [1.82, 2.24) is 19.9 Å². The van der Waals surface area contributed by atoms with Gasteiger partial charge >= 0.3 is 0 Å². The number of fused-ring (bicyclic) bond motifs is 4. The first-order valence-corrected chi connectivity index (χ1v) is 11.8. The molecule has 0 saturated carbocycles. The maximum Gasteiger partial charge on any atom is 0.225 e. The summed E-state index contributed by atoms with van der Waals surface area (Å²) in [7, 11) is 0. The highest BCUT2D eigenvalue weighted by Gasteiger charge is 2.28. The highest BCUT2D eigenvalue weighted by molar-refractivity contribution is 7.25. The Bertz CT molecular complexity index is 1440. The number of oxazole rings is 1. The molecule has 1 aromatic carbocycles. The maximum atomic E-state index is 5.99. The van der Waals surface area contributed by atoms with Crippen molar-refractivity contribution in [3.05, 3.63) is 65.9 Å². The molecule has 7 nitrogen and oxygen atoms in total. The second-order valence-corrected chi connectivity index (χ2v) is 9.88. The van der Waals surface area contributed by atoms with E-state index in [2.05, 4.69) is 52.3 Å². The standard InChI is InChI=1S/C25H23N5O2S/c1-25(2)12-19-17(13-32-25)11-18-20-21(33-24(18)30-19)22(29-14-28-20)26-8-7-15-3-5-16(6-4-15)23-27-9-10-31-23/h3-6,9-11,14H,7-8,12-13H2,1-2H3,(H,26,28,29). The first-order chi connectivity index (χ1) is 16.1. The number of rotatable bonds is 5. The van der Waals surface area contributed by atoms with E-state index >= 15 is 0 Å². The summed E-state index contributed by atoms with van der Waals surface area (Å²) in [6.07, 6.45) is 6.56. The molecule has 0 bridgehead atoms. The summed E-state index contributed by atoms with van der Waals surface area (Å²) >= 11 is 1.65. The van der Waals surface area contributed by atoms with Gasteiger partial charge in [-0.25, -0.2) is 19.9 Å². The quantitative estimate of drug-likeness (QED) is 0.378. The predicted octanol–water partition coefficient (Wildman–Crippen LogP) is 5.40. The van der Waals surface area contributed by atoms with Crippen molar-refractivity contribution in [2.75, 3.05) is 11.9 Å². The Morgan fingerprint density at radius 2 is 2.00 bits per heavy atom. The molecule has 5 aromatic rings. The van der Waals surface area contributed by atoms with Crippen molar-refractivity contribution in [2.24, 2.45) is 0 Å². The summed E-state index contributed by atoms with van der Waals surface area (Å²) in [6, 6.07) is 10.5. The van der Waals surface area contributed by atoms with Gasteiger partial charge in [-0.3, -0.25) is 0 Å². The average Bonchev–Trinajstić information content (AvgIpc) is 3.46. The second kappa shape index (κ2) is 7.90. The summed E-state index contributed by atoms with van der Waals surface area (Å²) in [5, 5.41) is 4.57. The lowest BCUT2D eigenvalue weighted by molar-refractivity contribution is -0.0411. The minimum atomic E-state index is -0.177. The van der Waals surface area contributed by atoms with E-state index in [1.807, 2.05) is 12.1 Å². The third-order valence-corrected chi connectivity index (χ3v) is 7.06. The van der Waals surface area contributed by atoms with Crippen LogP contribution in [0.2, 0.25) is 0 Å². The molecular weight excluding hydrogens is 434 g/mol. The lowest BCUT2D eigenvalue weighted by Crippen LogP contribution is -2.32. The summed E-state index contributed by atoms with van der Waals surface area (Å²) in [4.78, 5) is 19.3. The van der Waals surface area contributed by atoms with Gasteiger partial charge in [0.15, 0.2) is 0 Å². The molecule has 0 radical (unpaired) electrons. The third-order valence-electron chi connectivity index (χ3n) is 5.96. The Balaban J connectivity index is 1.22. The zero-order valence-corrected chi connectivity index (χ0v) is 19.3. The molecular formula is C25H23N5O2S. The van der Waals surface area contributed by atoms with Crippen LogP contribution < -0.4 is 5.32 Å². The molecule has 33 heavy (non-hydrogen) atoms. The first-order valence-electron chi connectivity index (χ1n) is 11.0. The molecule has 1 aliphatic heterocycles. The third kappa shape index (κ3) is 3.85. The van der Waals surface area contributed by atoms with E-state index in [4.69, 9.17) is 14.1 Å². The lowest BCUT2D eigenvalue weighted by Gasteiger charge is -2.30. The number of anilines is 1. The molecule has 0 unspecified atom stereocenters. The minimum absolute atomic E-state index is 0.177. The van der Waals surface area contributed by atoms with Crippen LogP contribution in [0.3, 0.4) is 0 Å². The molecule has 0 amide bonds. The van der Waals surface area contributed by atoms with Crippen LogP contribution in [-0.4, -0.2) is 32.1 Å². The zero-order valence-electron chi connectivity index (χ0n) is 18.5. The van der Waals surface area contributed by atoms with Crippen molar-refractivity contribution in [3.8, 4) is 11.5 Å². The van der Waals surface area contributed by atoms with Gasteiger partial charge in [-0.15, -0.1) is 11.3 Å². The largest absolute Gasteiger partial charge is 0.445 e. The van der Waals surface area contributed by atoms with Crippen molar-refractivity contribution < 1.29 is 9.15 Å². The van der Waals surface area contributed by atoms with Gasteiger partial charge in [0, 0.05) is 29.5 Å². The van der Waals surface area contributed by atoms with Crippen LogP contribution in [0.25, 0.3) is 31.9 Å². The fourth-order valence-electron chi connectivity index (χ4n) is 4.22. The lowest BCUT2D eigenvalue weighted by atomic mass is 9.95. The summed E-state index contributed by atoms with van der Waals surface area (Å²) in [5.74, 6) is 1.49. The maximum absolute atomic E-state index is 5.99. The Kier molecular flexibility index (Phi) is 4.85. The number of aromatic nitrogens is 4. The molecule has 0 spiro atoms. The highest BCUT2D eigenvalue weighted by Crippen LogP contribution is 2.38. The molecule has 0 aliphatic carbocycles. The molecule has 0 fully saturated rings. The van der Waals surface area contributed by atoms with E-state index in [1.54, 1.807) is 30.1 Å². The monoisotopic (exact) mass is 457 g/mol. The fourth-order valence-corrected chi connectivity index (χ4v) is 5.31.